The Morgan fingerprint density at radius 1 is 1.10 bits per heavy atom. The second-order valence-electron chi connectivity index (χ2n) is 4.80. The van der Waals surface area contributed by atoms with Gasteiger partial charge in [0.15, 0.2) is 0 Å². The zero-order valence-electron chi connectivity index (χ0n) is 11.7. The van der Waals surface area contributed by atoms with Crippen LogP contribution in [0.25, 0.3) is 16.6 Å². The number of hydrogen-bond acceptors (Lipinski definition) is 2. The highest BCUT2D eigenvalue weighted by molar-refractivity contribution is 5.87. The summed E-state index contributed by atoms with van der Waals surface area (Å²) < 4.78 is 1.91. The number of imidazole rings is 1. The first-order valence-corrected chi connectivity index (χ1v) is 6.65. The first kappa shape index (κ1) is 12.5. The summed E-state index contributed by atoms with van der Waals surface area (Å²) in [6.45, 7) is 2.06. The van der Waals surface area contributed by atoms with E-state index in [1.807, 2.05) is 23.7 Å². The van der Waals surface area contributed by atoms with E-state index in [9.17, 15) is 0 Å². The fourth-order valence-corrected chi connectivity index (χ4v) is 2.49. The Kier molecular flexibility index (Phi) is 3.03. The summed E-state index contributed by atoms with van der Waals surface area (Å²) in [6, 6.07) is 16.6. The summed E-state index contributed by atoms with van der Waals surface area (Å²) in [7, 11) is 1.94. The summed E-state index contributed by atoms with van der Waals surface area (Å²) in [5, 5.41) is 0. The number of hydrogen-bond donors (Lipinski definition) is 1. The monoisotopic (exact) mass is 263 g/mol. The molecule has 2 aromatic carbocycles. The minimum atomic E-state index is 0.541. The van der Waals surface area contributed by atoms with Crippen LogP contribution in [-0.4, -0.2) is 9.55 Å². The van der Waals surface area contributed by atoms with Crippen molar-refractivity contribution in [3.8, 4) is 0 Å². The number of benzene rings is 2. The number of aryl methyl sites for hydroxylation is 1. The third kappa shape index (κ3) is 1.97. The first-order chi connectivity index (χ1) is 9.70. The number of aromatic nitrogens is 2. The third-order valence-corrected chi connectivity index (χ3v) is 3.60. The summed E-state index contributed by atoms with van der Waals surface area (Å²) >= 11 is 0. The van der Waals surface area contributed by atoms with E-state index in [0.29, 0.717) is 5.95 Å². The van der Waals surface area contributed by atoms with E-state index in [4.69, 9.17) is 5.73 Å². The molecule has 0 bridgehead atoms. The summed E-state index contributed by atoms with van der Waals surface area (Å²) in [5.74, 6) is 0.541. The van der Waals surface area contributed by atoms with E-state index >= 15 is 0 Å². The molecule has 1 heterocycles. The van der Waals surface area contributed by atoms with E-state index in [-0.39, 0.29) is 0 Å². The smallest absolute Gasteiger partial charge is 0.200 e. The highest BCUT2D eigenvalue weighted by atomic mass is 15.1. The Labute approximate surface area is 118 Å². The molecule has 3 nitrogen and oxygen atoms in total. The maximum absolute atomic E-state index is 5.86. The fourth-order valence-electron chi connectivity index (χ4n) is 2.49. The minimum Gasteiger partial charge on any atom is -0.369 e. The van der Waals surface area contributed by atoms with Crippen molar-refractivity contribution >= 4 is 22.6 Å². The highest BCUT2D eigenvalue weighted by Gasteiger charge is 2.08. The van der Waals surface area contributed by atoms with Crippen LogP contribution >= 0.6 is 0 Å². The molecule has 0 fully saturated rings. The van der Waals surface area contributed by atoms with E-state index < -0.39 is 0 Å². The van der Waals surface area contributed by atoms with Crippen LogP contribution < -0.4 is 5.73 Å². The Balaban J connectivity index is 2.16. The van der Waals surface area contributed by atoms with Gasteiger partial charge in [-0.2, -0.15) is 0 Å². The molecule has 3 rings (SSSR count). The Morgan fingerprint density at radius 3 is 2.55 bits per heavy atom. The molecule has 20 heavy (non-hydrogen) atoms. The van der Waals surface area contributed by atoms with E-state index in [1.165, 1.54) is 16.7 Å². The predicted molar refractivity (Wildman–Crippen MR) is 84.3 cm³/mol. The van der Waals surface area contributed by atoms with Gasteiger partial charge in [0.1, 0.15) is 0 Å². The van der Waals surface area contributed by atoms with Gasteiger partial charge in [-0.3, -0.25) is 0 Å². The summed E-state index contributed by atoms with van der Waals surface area (Å²) in [5.41, 5.74) is 11.4. The molecule has 0 aliphatic rings. The number of rotatable bonds is 2. The maximum atomic E-state index is 5.86. The molecule has 100 valence electrons. The molecule has 2 N–H and O–H groups in total. The van der Waals surface area contributed by atoms with Crippen molar-refractivity contribution in [3.05, 3.63) is 65.7 Å². The molecule has 0 saturated heterocycles. The molecule has 0 saturated carbocycles. The SMILES string of the molecule is C/C=C(\c1ccccc1)c1ccc2nc(N)n(C)c2c1. The zero-order valence-corrected chi connectivity index (χ0v) is 11.7. The lowest BCUT2D eigenvalue weighted by atomic mass is 9.97. The van der Waals surface area contributed by atoms with Crippen molar-refractivity contribution in [1.82, 2.24) is 9.55 Å². The predicted octanol–water partition coefficient (Wildman–Crippen LogP) is 3.61. The fraction of sp³-hybridized carbons (Fsp3) is 0.118. The molecule has 0 aliphatic carbocycles. The summed E-state index contributed by atoms with van der Waals surface area (Å²) in [6.07, 6.45) is 2.14. The van der Waals surface area contributed by atoms with E-state index in [2.05, 4.69) is 54.4 Å². The molecular weight excluding hydrogens is 246 g/mol. The highest BCUT2D eigenvalue weighted by Crippen LogP contribution is 2.27. The van der Waals surface area contributed by atoms with Crippen LogP contribution in [0.3, 0.4) is 0 Å². The first-order valence-electron chi connectivity index (χ1n) is 6.65. The normalized spacial score (nSPS) is 12.0. The Hall–Kier alpha value is -2.55. The van der Waals surface area contributed by atoms with Crippen molar-refractivity contribution in [2.45, 2.75) is 6.92 Å². The minimum absolute atomic E-state index is 0.541. The largest absolute Gasteiger partial charge is 0.369 e. The van der Waals surface area contributed by atoms with Gasteiger partial charge in [0.05, 0.1) is 11.0 Å². The van der Waals surface area contributed by atoms with Gasteiger partial charge in [0, 0.05) is 7.05 Å². The van der Waals surface area contributed by atoms with E-state index in [0.717, 1.165) is 11.0 Å². The van der Waals surface area contributed by atoms with Gasteiger partial charge in [-0.15, -0.1) is 0 Å². The van der Waals surface area contributed by atoms with Crippen LogP contribution in [0.1, 0.15) is 18.1 Å². The Morgan fingerprint density at radius 2 is 1.85 bits per heavy atom. The third-order valence-electron chi connectivity index (χ3n) is 3.60. The lowest BCUT2D eigenvalue weighted by Crippen LogP contribution is -1.96. The average Bonchev–Trinajstić information content (AvgIpc) is 2.76. The molecule has 0 spiro atoms. The van der Waals surface area contributed by atoms with Crippen molar-refractivity contribution in [2.75, 3.05) is 5.73 Å². The molecule has 3 heteroatoms. The topological polar surface area (TPSA) is 43.8 Å². The molecule has 0 amide bonds. The van der Waals surface area contributed by atoms with Gasteiger partial charge in [-0.1, -0.05) is 42.5 Å². The maximum Gasteiger partial charge on any atom is 0.200 e. The average molecular weight is 263 g/mol. The molecule has 3 aromatic rings. The second kappa shape index (κ2) is 4.85. The van der Waals surface area contributed by atoms with E-state index in [1.54, 1.807) is 0 Å². The van der Waals surface area contributed by atoms with Gasteiger partial charge < -0.3 is 10.3 Å². The van der Waals surface area contributed by atoms with Crippen LogP contribution in [0.4, 0.5) is 5.95 Å². The standard InChI is InChI=1S/C17H17N3/c1-3-14(12-7-5-4-6-8-12)13-9-10-15-16(11-13)20(2)17(18)19-15/h3-11H,1-2H3,(H2,18,19)/b14-3+. The lowest BCUT2D eigenvalue weighted by molar-refractivity contribution is 0.965. The second-order valence-corrected chi connectivity index (χ2v) is 4.80. The number of fused-ring (bicyclic) bond motifs is 1. The number of allylic oxidation sites excluding steroid dienone is 1. The van der Waals surface area contributed by atoms with Gasteiger partial charge in [0.25, 0.3) is 0 Å². The van der Waals surface area contributed by atoms with Crippen LogP contribution in [0.2, 0.25) is 0 Å². The van der Waals surface area contributed by atoms with Gasteiger partial charge >= 0.3 is 0 Å². The van der Waals surface area contributed by atoms with Crippen molar-refractivity contribution in [2.24, 2.45) is 7.05 Å². The van der Waals surface area contributed by atoms with Crippen LogP contribution in [0.15, 0.2) is 54.6 Å². The molecule has 0 unspecified atom stereocenters. The van der Waals surface area contributed by atoms with Crippen molar-refractivity contribution < 1.29 is 0 Å². The van der Waals surface area contributed by atoms with Gasteiger partial charge in [-0.25, -0.2) is 4.98 Å². The Bertz CT molecular complexity index is 783. The number of nitrogen functional groups attached to an aromatic ring is 1. The van der Waals surface area contributed by atoms with Crippen LogP contribution in [-0.2, 0) is 7.05 Å². The van der Waals surface area contributed by atoms with Crippen LogP contribution in [0.5, 0.6) is 0 Å². The molecular formula is C17H17N3. The zero-order chi connectivity index (χ0) is 14.1. The van der Waals surface area contributed by atoms with Gasteiger partial charge in [0.2, 0.25) is 5.95 Å². The lowest BCUT2D eigenvalue weighted by Gasteiger charge is -2.08. The van der Waals surface area contributed by atoms with Gasteiger partial charge in [-0.05, 0) is 35.8 Å². The van der Waals surface area contributed by atoms with Crippen LogP contribution in [0, 0.1) is 0 Å². The quantitative estimate of drug-likeness (QED) is 0.767. The number of anilines is 1. The molecule has 0 radical (unpaired) electrons. The number of nitrogens with two attached hydrogens (primary N) is 1. The molecule has 0 atom stereocenters. The number of nitrogens with zero attached hydrogens (tertiary/aromatic N) is 2. The molecule has 0 aliphatic heterocycles. The molecule has 1 aromatic heterocycles. The van der Waals surface area contributed by atoms with Crippen molar-refractivity contribution in [3.63, 3.8) is 0 Å². The summed E-state index contributed by atoms with van der Waals surface area (Å²) in [4.78, 5) is 4.33. The van der Waals surface area contributed by atoms with Crippen molar-refractivity contribution in [1.29, 1.82) is 0 Å².